The molecule has 0 saturated carbocycles. The molecule has 1 aliphatic heterocycles. The van der Waals surface area contributed by atoms with Crippen LogP contribution in [0.4, 0.5) is 0 Å². The van der Waals surface area contributed by atoms with E-state index in [-0.39, 0.29) is 12.5 Å². The molecule has 25 heavy (non-hydrogen) atoms. The predicted octanol–water partition coefficient (Wildman–Crippen LogP) is 2.77. The highest BCUT2D eigenvalue weighted by molar-refractivity contribution is 6.00. The van der Waals surface area contributed by atoms with Gasteiger partial charge in [-0.25, -0.2) is 5.43 Å². The van der Waals surface area contributed by atoms with Gasteiger partial charge in [-0.05, 0) is 25.1 Å². The molecule has 3 aromatic rings. The number of nitrogens with one attached hydrogen (secondary N) is 2. The van der Waals surface area contributed by atoms with Crippen molar-refractivity contribution in [3.63, 3.8) is 0 Å². The molecule has 2 aromatic carbocycles. The molecule has 2 N–H and O–H groups in total. The van der Waals surface area contributed by atoms with E-state index < -0.39 is 6.10 Å². The van der Waals surface area contributed by atoms with E-state index >= 15 is 0 Å². The Balaban J connectivity index is 1.45. The quantitative estimate of drug-likeness (QED) is 0.571. The molecule has 0 saturated heterocycles. The summed E-state index contributed by atoms with van der Waals surface area (Å²) in [6.45, 7) is 2.13. The summed E-state index contributed by atoms with van der Waals surface area (Å²) in [4.78, 5) is 15.5. The van der Waals surface area contributed by atoms with Crippen molar-refractivity contribution in [2.75, 3.05) is 6.61 Å². The zero-order chi connectivity index (χ0) is 17.2. The summed E-state index contributed by atoms with van der Waals surface area (Å²) in [5, 5.41) is 5.14. The van der Waals surface area contributed by atoms with Gasteiger partial charge in [0.15, 0.2) is 11.5 Å². The predicted molar refractivity (Wildman–Crippen MR) is 95.1 cm³/mol. The molecule has 0 fully saturated rings. The maximum Gasteiger partial charge on any atom is 0.284 e. The lowest BCUT2D eigenvalue weighted by molar-refractivity contribution is -0.130. The van der Waals surface area contributed by atoms with E-state index in [4.69, 9.17) is 9.47 Å². The van der Waals surface area contributed by atoms with E-state index in [2.05, 4.69) is 15.5 Å². The molecule has 0 bridgehead atoms. The number of amides is 1. The fourth-order valence-electron chi connectivity index (χ4n) is 2.85. The molecule has 1 atom stereocenters. The van der Waals surface area contributed by atoms with Gasteiger partial charge in [0.05, 0.1) is 6.21 Å². The molecular formula is C19H17N3O3. The number of rotatable bonds is 3. The van der Waals surface area contributed by atoms with Crippen molar-refractivity contribution < 1.29 is 14.3 Å². The van der Waals surface area contributed by atoms with Crippen LogP contribution in [0.5, 0.6) is 11.5 Å². The molecule has 0 aliphatic carbocycles. The van der Waals surface area contributed by atoms with Gasteiger partial charge in [-0.1, -0.05) is 30.3 Å². The Morgan fingerprint density at radius 2 is 1.96 bits per heavy atom. The third-order valence-electron chi connectivity index (χ3n) is 4.11. The minimum atomic E-state index is -0.726. The van der Waals surface area contributed by atoms with Crippen LogP contribution < -0.4 is 14.9 Å². The topological polar surface area (TPSA) is 75.7 Å². The van der Waals surface area contributed by atoms with E-state index in [0.717, 1.165) is 22.2 Å². The first-order valence-corrected chi connectivity index (χ1v) is 8.01. The Labute approximate surface area is 144 Å². The van der Waals surface area contributed by atoms with Gasteiger partial charge in [0.1, 0.15) is 6.61 Å². The lowest BCUT2D eigenvalue weighted by Crippen LogP contribution is -2.42. The van der Waals surface area contributed by atoms with E-state index in [9.17, 15) is 4.79 Å². The van der Waals surface area contributed by atoms with E-state index in [0.29, 0.717) is 11.5 Å². The molecule has 0 spiro atoms. The fraction of sp³-hybridized carbons (Fsp3) is 0.158. The number of ether oxygens (including phenoxy) is 2. The third-order valence-corrected chi connectivity index (χ3v) is 4.11. The third kappa shape index (κ3) is 2.94. The number of aromatic amines is 1. The molecule has 1 aliphatic rings. The van der Waals surface area contributed by atoms with Crippen molar-refractivity contribution in [2.45, 2.75) is 13.0 Å². The van der Waals surface area contributed by atoms with Gasteiger partial charge in [0.2, 0.25) is 6.10 Å². The molecule has 2 heterocycles. The Hall–Kier alpha value is -3.28. The SMILES string of the molecule is Cc1[nH]c2ccccc2c1/C=N\NC(=O)[C@H]1COc2ccccc2O1. The minimum Gasteiger partial charge on any atom is -0.485 e. The van der Waals surface area contributed by atoms with Crippen LogP contribution in [-0.2, 0) is 4.79 Å². The highest BCUT2D eigenvalue weighted by Crippen LogP contribution is 2.30. The van der Waals surface area contributed by atoms with Crippen molar-refractivity contribution in [1.29, 1.82) is 0 Å². The monoisotopic (exact) mass is 335 g/mol. The Bertz CT molecular complexity index is 961. The lowest BCUT2D eigenvalue weighted by atomic mass is 10.1. The van der Waals surface area contributed by atoms with Crippen LogP contribution in [0.2, 0.25) is 0 Å². The number of hydrogen-bond donors (Lipinski definition) is 2. The summed E-state index contributed by atoms with van der Waals surface area (Å²) in [5.41, 5.74) is 5.50. The molecule has 4 rings (SSSR count). The molecule has 1 aromatic heterocycles. The first-order chi connectivity index (χ1) is 12.2. The fourth-order valence-corrected chi connectivity index (χ4v) is 2.85. The van der Waals surface area contributed by atoms with Crippen LogP contribution in [0.3, 0.4) is 0 Å². The van der Waals surface area contributed by atoms with E-state index in [1.54, 1.807) is 18.3 Å². The van der Waals surface area contributed by atoms with Gasteiger partial charge >= 0.3 is 0 Å². The van der Waals surface area contributed by atoms with Gasteiger partial charge in [0.25, 0.3) is 5.91 Å². The smallest absolute Gasteiger partial charge is 0.284 e. The maximum atomic E-state index is 12.2. The zero-order valence-electron chi connectivity index (χ0n) is 13.7. The standard InChI is InChI=1S/C19H17N3O3/c1-12-14(13-6-2-3-7-15(13)21-12)10-20-22-19(23)18-11-24-16-8-4-5-9-17(16)25-18/h2-10,18,21H,11H2,1H3,(H,22,23)/b20-10-/t18-/m1/s1. The number of hydrogen-bond acceptors (Lipinski definition) is 4. The molecule has 126 valence electrons. The Morgan fingerprint density at radius 1 is 1.20 bits per heavy atom. The number of hydrazone groups is 1. The lowest BCUT2D eigenvalue weighted by Gasteiger charge is -2.24. The van der Waals surface area contributed by atoms with E-state index in [1.807, 2.05) is 43.3 Å². The van der Waals surface area contributed by atoms with Gasteiger partial charge < -0.3 is 14.5 Å². The molecule has 1 amide bonds. The average Bonchev–Trinajstić information content (AvgIpc) is 2.96. The van der Waals surface area contributed by atoms with Crippen LogP contribution >= 0.6 is 0 Å². The van der Waals surface area contributed by atoms with Crippen molar-refractivity contribution >= 4 is 23.0 Å². The number of carbonyl (C=O) groups is 1. The van der Waals surface area contributed by atoms with Crippen LogP contribution in [-0.4, -0.2) is 29.8 Å². The van der Waals surface area contributed by atoms with Gasteiger partial charge in [-0.2, -0.15) is 5.10 Å². The van der Waals surface area contributed by atoms with Crippen LogP contribution in [0.1, 0.15) is 11.3 Å². The number of fused-ring (bicyclic) bond motifs is 2. The zero-order valence-corrected chi connectivity index (χ0v) is 13.7. The number of benzene rings is 2. The van der Waals surface area contributed by atoms with Crippen molar-refractivity contribution in [1.82, 2.24) is 10.4 Å². The Kier molecular flexibility index (Phi) is 3.85. The second-order valence-corrected chi connectivity index (χ2v) is 5.81. The number of carbonyl (C=O) groups excluding carboxylic acids is 1. The molecule has 0 radical (unpaired) electrons. The summed E-state index contributed by atoms with van der Waals surface area (Å²) in [6, 6.07) is 15.2. The maximum absolute atomic E-state index is 12.2. The number of nitrogens with zero attached hydrogens (tertiary/aromatic N) is 1. The summed E-state index contributed by atoms with van der Waals surface area (Å²) < 4.78 is 11.2. The second-order valence-electron chi connectivity index (χ2n) is 5.81. The van der Waals surface area contributed by atoms with Crippen molar-refractivity contribution in [3.05, 3.63) is 59.8 Å². The number of aryl methyl sites for hydroxylation is 1. The molecule has 6 heteroatoms. The van der Waals surface area contributed by atoms with Gasteiger partial charge in [-0.15, -0.1) is 0 Å². The van der Waals surface area contributed by atoms with Crippen molar-refractivity contribution in [2.24, 2.45) is 5.10 Å². The summed E-state index contributed by atoms with van der Waals surface area (Å²) in [6.07, 6.45) is 0.917. The molecular weight excluding hydrogens is 318 g/mol. The highest BCUT2D eigenvalue weighted by Gasteiger charge is 2.27. The number of aromatic nitrogens is 1. The summed E-state index contributed by atoms with van der Waals surface area (Å²) in [5.74, 6) is 0.859. The van der Waals surface area contributed by atoms with Crippen LogP contribution in [0.15, 0.2) is 53.6 Å². The van der Waals surface area contributed by atoms with E-state index in [1.165, 1.54) is 0 Å². The average molecular weight is 335 g/mol. The molecule has 0 unspecified atom stereocenters. The molecule has 6 nitrogen and oxygen atoms in total. The second kappa shape index (κ2) is 6.32. The normalized spacial score (nSPS) is 16.3. The van der Waals surface area contributed by atoms with Crippen LogP contribution in [0.25, 0.3) is 10.9 Å². The first kappa shape index (κ1) is 15.3. The first-order valence-electron chi connectivity index (χ1n) is 8.01. The van der Waals surface area contributed by atoms with Crippen molar-refractivity contribution in [3.8, 4) is 11.5 Å². The van der Waals surface area contributed by atoms with Gasteiger partial charge in [0, 0.05) is 22.2 Å². The number of para-hydroxylation sites is 3. The largest absolute Gasteiger partial charge is 0.485 e. The minimum absolute atomic E-state index is 0.157. The number of H-pyrrole nitrogens is 1. The Morgan fingerprint density at radius 3 is 2.84 bits per heavy atom. The summed E-state index contributed by atoms with van der Waals surface area (Å²) in [7, 11) is 0. The summed E-state index contributed by atoms with van der Waals surface area (Å²) >= 11 is 0. The van der Waals surface area contributed by atoms with Crippen LogP contribution in [0, 0.1) is 6.92 Å². The van der Waals surface area contributed by atoms with Gasteiger partial charge in [-0.3, -0.25) is 4.79 Å². The highest BCUT2D eigenvalue weighted by atomic mass is 16.6.